The Hall–Kier alpha value is -2.36. The third-order valence-corrected chi connectivity index (χ3v) is 3.32. The molecule has 0 aliphatic carbocycles. The van der Waals surface area contributed by atoms with Crippen molar-refractivity contribution in [3.05, 3.63) is 42.2 Å². The first-order valence-electron chi connectivity index (χ1n) is 6.21. The van der Waals surface area contributed by atoms with Crippen molar-refractivity contribution in [2.75, 3.05) is 6.61 Å². The van der Waals surface area contributed by atoms with E-state index >= 15 is 0 Å². The standard InChI is InChI=1S/C15H14N2O2/c1-3-19-15(18)10-4-5-11-12-9-16-7-6-13(12)17(2)14(11)8-10/h4-9H,3H2,1-2H3. The van der Waals surface area contributed by atoms with E-state index in [1.165, 1.54) is 0 Å². The van der Waals surface area contributed by atoms with E-state index < -0.39 is 0 Å². The number of fused-ring (bicyclic) bond motifs is 3. The molecule has 0 radical (unpaired) electrons. The van der Waals surface area contributed by atoms with Crippen LogP contribution in [0.3, 0.4) is 0 Å². The molecule has 3 aromatic rings. The lowest BCUT2D eigenvalue weighted by Crippen LogP contribution is -2.04. The Morgan fingerprint density at radius 2 is 2.11 bits per heavy atom. The van der Waals surface area contributed by atoms with Gasteiger partial charge in [0.25, 0.3) is 0 Å². The molecule has 0 aliphatic heterocycles. The molecule has 4 heteroatoms. The summed E-state index contributed by atoms with van der Waals surface area (Å²) >= 11 is 0. The summed E-state index contributed by atoms with van der Waals surface area (Å²) < 4.78 is 7.09. The quantitative estimate of drug-likeness (QED) is 0.660. The van der Waals surface area contributed by atoms with E-state index in [4.69, 9.17) is 4.74 Å². The summed E-state index contributed by atoms with van der Waals surface area (Å²) in [5, 5.41) is 2.19. The highest BCUT2D eigenvalue weighted by atomic mass is 16.5. The van der Waals surface area contributed by atoms with Crippen molar-refractivity contribution in [3.8, 4) is 0 Å². The maximum atomic E-state index is 11.8. The van der Waals surface area contributed by atoms with Gasteiger partial charge in [0.05, 0.1) is 17.7 Å². The molecular weight excluding hydrogens is 240 g/mol. The van der Waals surface area contributed by atoms with Crippen LogP contribution in [0.5, 0.6) is 0 Å². The Morgan fingerprint density at radius 3 is 2.89 bits per heavy atom. The normalized spacial score (nSPS) is 11.1. The van der Waals surface area contributed by atoms with E-state index in [1.807, 2.05) is 31.4 Å². The van der Waals surface area contributed by atoms with Crippen LogP contribution in [0.15, 0.2) is 36.7 Å². The molecule has 0 saturated heterocycles. The van der Waals surface area contributed by atoms with Gasteiger partial charge in [-0.1, -0.05) is 6.07 Å². The van der Waals surface area contributed by atoms with Crippen molar-refractivity contribution in [2.24, 2.45) is 7.05 Å². The minimum absolute atomic E-state index is 0.284. The highest BCUT2D eigenvalue weighted by Gasteiger charge is 2.12. The second-order valence-corrected chi connectivity index (χ2v) is 4.40. The van der Waals surface area contributed by atoms with Crippen LogP contribution in [0.25, 0.3) is 21.8 Å². The van der Waals surface area contributed by atoms with Gasteiger partial charge in [0.1, 0.15) is 0 Å². The van der Waals surface area contributed by atoms with Gasteiger partial charge in [-0.25, -0.2) is 4.79 Å². The molecule has 0 spiro atoms. The number of nitrogens with zero attached hydrogens (tertiary/aromatic N) is 2. The molecule has 96 valence electrons. The maximum absolute atomic E-state index is 11.8. The van der Waals surface area contributed by atoms with Gasteiger partial charge in [-0.05, 0) is 25.1 Å². The Balaban J connectivity index is 2.26. The fourth-order valence-corrected chi connectivity index (χ4v) is 2.40. The molecule has 0 aliphatic rings. The lowest BCUT2D eigenvalue weighted by molar-refractivity contribution is 0.0526. The summed E-state index contributed by atoms with van der Waals surface area (Å²) in [6, 6.07) is 7.59. The van der Waals surface area contributed by atoms with Gasteiger partial charge in [-0.15, -0.1) is 0 Å². The topological polar surface area (TPSA) is 44.1 Å². The van der Waals surface area contributed by atoms with Gasteiger partial charge in [0.2, 0.25) is 0 Å². The van der Waals surface area contributed by atoms with Crippen molar-refractivity contribution in [1.29, 1.82) is 0 Å². The smallest absolute Gasteiger partial charge is 0.338 e. The first kappa shape index (κ1) is 11.7. The Bertz CT molecular complexity index is 774. The monoisotopic (exact) mass is 254 g/mol. The molecule has 0 bridgehead atoms. The van der Waals surface area contributed by atoms with E-state index in [2.05, 4.69) is 9.55 Å². The van der Waals surface area contributed by atoms with Gasteiger partial charge < -0.3 is 9.30 Å². The predicted molar refractivity (Wildman–Crippen MR) is 74.2 cm³/mol. The summed E-state index contributed by atoms with van der Waals surface area (Å²) in [7, 11) is 1.99. The Labute approximate surface area is 110 Å². The first-order valence-corrected chi connectivity index (χ1v) is 6.21. The second-order valence-electron chi connectivity index (χ2n) is 4.40. The molecule has 0 fully saturated rings. The summed E-state index contributed by atoms with van der Waals surface area (Å²) in [5.41, 5.74) is 2.69. The van der Waals surface area contributed by atoms with Crippen LogP contribution in [0.2, 0.25) is 0 Å². The van der Waals surface area contributed by atoms with Crippen molar-refractivity contribution < 1.29 is 9.53 Å². The zero-order valence-electron chi connectivity index (χ0n) is 10.9. The van der Waals surface area contributed by atoms with E-state index in [0.29, 0.717) is 12.2 Å². The molecule has 19 heavy (non-hydrogen) atoms. The molecule has 2 heterocycles. The van der Waals surface area contributed by atoms with E-state index in [9.17, 15) is 4.79 Å². The van der Waals surface area contributed by atoms with Gasteiger partial charge in [-0.2, -0.15) is 0 Å². The number of aromatic nitrogens is 2. The summed E-state index contributed by atoms with van der Waals surface area (Å²) in [5.74, 6) is -0.284. The third kappa shape index (κ3) is 1.76. The number of hydrogen-bond acceptors (Lipinski definition) is 3. The van der Waals surface area contributed by atoms with Crippen LogP contribution in [-0.4, -0.2) is 22.1 Å². The lowest BCUT2D eigenvalue weighted by Gasteiger charge is -2.03. The van der Waals surface area contributed by atoms with Crippen LogP contribution in [0, 0.1) is 0 Å². The number of benzene rings is 1. The third-order valence-electron chi connectivity index (χ3n) is 3.32. The van der Waals surface area contributed by atoms with Crippen molar-refractivity contribution in [2.45, 2.75) is 6.92 Å². The minimum Gasteiger partial charge on any atom is -0.462 e. The van der Waals surface area contributed by atoms with Gasteiger partial charge in [0, 0.05) is 35.7 Å². The lowest BCUT2D eigenvalue weighted by atomic mass is 10.1. The summed E-state index contributed by atoms with van der Waals surface area (Å²) in [6.45, 7) is 2.19. The molecule has 0 saturated carbocycles. The predicted octanol–water partition coefficient (Wildman–Crippen LogP) is 2.90. The van der Waals surface area contributed by atoms with Gasteiger partial charge in [-0.3, -0.25) is 4.98 Å². The van der Waals surface area contributed by atoms with Crippen molar-refractivity contribution in [3.63, 3.8) is 0 Å². The van der Waals surface area contributed by atoms with Crippen LogP contribution in [0.1, 0.15) is 17.3 Å². The fraction of sp³-hybridized carbons (Fsp3) is 0.200. The fourth-order valence-electron chi connectivity index (χ4n) is 2.40. The molecule has 0 amide bonds. The highest BCUT2D eigenvalue weighted by molar-refractivity contribution is 6.09. The molecule has 0 unspecified atom stereocenters. The maximum Gasteiger partial charge on any atom is 0.338 e. The van der Waals surface area contributed by atoms with Crippen LogP contribution >= 0.6 is 0 Å². The summed E-state index contributed by atoms with van der Waals surface area (Å²) in [4.78, 5) is 15.9. The molecule has 4 nitrogen and oxygen atoms in total. The molecule has 1 aromatic carbocycles. The molecule has 2 aromatic heterocycles. The zero-order chi connectivity index (χ0) is 13.4. The largest absolute Gasteiger partial charge is 0.462 e. The average molecular weight is 254 g/mol. The SMILES string of the molecule is CCOC(=O)c1ccc2c3cnccc3n(C)c2c1. The average Bonchev–Trinajstić information content (AvgIpc) is 2.73. The van der Waals surface area contributed by atoms with Crippen LogP contribution < -0.4 is 0 Å². The van der Waals surface area contributed by atoms with E-state index in [1.54, 1.807) is 19.2 Å². The zero-order valence-corrected chi connectivity index (χ0v) is 10.9. The number of pyridine rings is 1. The number of carbonyl (C=O) groups excluding carboxylic acids is 1. The van der Waals surface area contributed by atoms with E-state index in [0.717, 1.165) is 21.8 Å². The van der Waals surface area contributed by atoms with Gasteiger partial charge >= 0.3 is 5.97 Å². The van der Waals surface area contributed by atoms with Crippen LogP contribution in [0.4, 0.5) is 0 Å². The molecule has 3 rings (SSSR count). The van der Waals surface area contributed by atoms with Crippen molar-refractivity contribution in [1.82, 2.24) is 9.55 Å². The van der Waals surface area contributed by atoms with Crippen molar-refractivity contribution >= 4 is 27.8 Å². The number of ether oxygens (including phenoxy) is 1. The number of rotatable bonds is 2. The number of carbonyl (C=O) groups is 1. The number of aryl methyl sites for hydroxylation is 1. The van der Waals surface area contributed by atoms with E-state index in [-0.39, 0.29) is 5.97 Å². The summed E-state index contributed by atoms with van der Waals surface area (Å²) in [6.07, 6.45) is 3.62. The Kier molecular flexibility index (Phi) is 2.71. The minimum atomic E-state index is -0.284. The number of hydrogen-bond donors (Lipinski definition) is 0. The molecule has 0 N–H and O–H groups in total. The molecule has 0 atom stereocenters. The van der Waals surface area contributed by atoms with Crippen LogP contribution in [-0.2, 0) is 11.8 Å². The second kappa shape index (κ2) is 4.39. The number of esters is 1. The van der Waals surface area contributed by atoms with Gasteiger partial charge in [0.15, 0.2) is 0 Å². The Morgan fingerprint density at radius 1 is 1.26 bits per heavy atom. The first-order chi connectivity index (χ1) is 9.22. The highest BCUT2D eigenvalue weighted by Crippen LogP contribution is 2.28. The molecular formula is C15H14N2O2.